The second-order valence-electron chi connectivity index (χ2n) is 5.23. The van der Waals surface area contributed by atoms with Crippen molar-refractivity contribution in [2.24, 2.45) is 11.7 Å². The molecule has 2 unspecified atom stereocenters. The SMILES string of the molecule is CN1CC(CN)CC1c1ccc2c(Br)c[nH]c2c1. The van der Waals surface area contributed by atoms with Crippen molar-refractivity contribution in [3.8, 4) is 0 Å². The lowest BCUT2D eigenvalue weighted by Gasteiger charge is -2.19. The molecule has 2 atom stereocenters. The molecule has 1 fully saturated rings. The third kappa shape index (κ3) is 1.98. The van der Waals surface area contributed by atoms with Gasteiger partial charge in [-0.3, -0.25) is 4.90 Å². The van der Waals surface area contributed by atoms with Crippen LogP contribution >= 0.6 is 15.9 Å². The number of nitrogens with zero attached hydrogens (tertiary/aromatic N) is 1. The van der Waals surface area contributed by atoms with E-state index in [4.69, 9.17) is 5.73 Å². The van der Waals surface area contributed by atoms with Gasteiger partial charge < -0.3 is 10.7 Å². The molecule has 2 aromatic rings. The highest BCUT2D eigenvalue weighted by atomic mass is 79.9. The summed E-state index contributed by atoms with van der Waals surface area (Å²) < 4.78 is 1.13. The first-order valence-electron chi connectivity index (χ1n) is 6.36. The van der Waals surface area contributed by atoms with Crippen LogP contribution in [0.15, 0.2) is 28.9 Å². The van der Waals surface area contributed by atoms with Gasteiger partial charge in [0, 0.05) is 34.2 Å². The number of aromatic nitrogens is 1. The van der Waals surface area contributed by atoms with Crippen LogP contribution < -0.4 is 5.73 Å². The van der Waals surface area contributed by atoms with Gasteiger partial charge in [-0.2, -0.15) is 0 Å². The van der Waals surface area contributed by atoms with Crippen LogP contribution in [-0.2, 0) is 0 Å². The topological polar surface area (TPSA) is 45.0 Å². The van der Waals surface area contributed by atoms with Crippen LogP contribution in [0.3, 0.4) is 0 Å². The van der Waals surface area contributed by atoms with Gasteiger partial charge >= 0.3 is 0 Å². The van der Waals surface area contributed by atoms with Crippen molar-refractivity contribution >= 4 is 26.8 Å². The molecule has 0 spiro atoms. The molecule has 0 aliphatic carbocycles. The molecule has 3 nitrogen and oxygen atoms in total. The number of likely N-dealkylation sites (tertiary alicyclic amines) is 1. The van der Waals surface area contributed by atoms with E-state index in [-0.39, 0.29) is 0 Å². The number of hydrogen-bond donors (Lipinski definition) is 2. The Morgan fingerprint density at radius 1 is 1.50 bits per heavy atom. The molecule has 1 aromatic heterocycles. The van der Waals surface area contributed by atoms with Gasteiger partial charge in [-0.25, -0.2) is 0 Å². The van der Waals surface area contributed by atoms with Crippen LogP contribution in [0.1, 0.15) is 18.0 Å². The average Bonchev–Trinajstić information content (AvgIpc) is 2.93. The van der Waals surface area contributed by atoms with Gasteiger partial charge in [0.25, 0.3) is 0 Å². The fraction of sp³-hybridized carbons (Fsp3) is 0.429. The fourth-order valence-electron chi connectivity index (χ4n) is 2.98. The first kappa shape index (κ1) is 12.2. The molecule has 1 aromatic carbocycles. The molecule has 0 bridgehead atoms. The van der Waals surface area contributed by atoms with Gasteiger partial charge in [0.2, 0.25) is 0 Å². The molecule has 0 saturated carbocycles. The summed E-state index contributed by atoms with van der Waals surface area (Å²) >= 11 is 3.55. The van der Waals surface area contributed by atoms with E-state index in [2.05, 4.69) is 51.1 Å². The smallest absolute Gasteiger partial charge is 0.0469 e. The Kier molecular flexibility index (Phi) is 3.18. The minimum atomic E-state index is 0.505. The molecule has 0 amide bonds. The van der Waals surface area contributed by atoms with E-state index in [0.29, 0.717) is 12.0 Å². The largest absolute Gasteiger partial charge is 0.360 e. The Morgan fingerprint density at radius 3 is 3.06 bits per heavy atom. The zero-order valence-corrected chi connectivity index (χ0v) is 12.1. The van der Waals surface area contributed by atoms with Gasteiger partial charge in [-0.1, -0.05) is 12.1 Å². The minimum Gasteiger partial charge on any atom is -0.360 e. The molecule has 2 heterocycles. The van der Waals surface area contributed by atoms with Crippen molar-refractivity contribution in [2.45, 2.75) is 12.5 Å². The molecule has 1 aliphatic rings. The third-order valence-electron chi connectivity index (χ3n) is 4.01. The quantitative estimate of drug-likeness (QED) is 0.896. The summed E-state index contributed by atoms with van der Waals surface area (Å²) in [6.45, 7) is 1.89. The maximum Gasteiger partial charge on any atom is 0.0469 e. The Labute approximate surface area is 115 Å². The lowest BCUT2D eigenvalue weighted by molar-refractivity contribution is 0.314. The highest BCUT2D eigenvalue weighted by Gasteiger charge is 2.29. The first-order chi connectivity index (χ1) is 8.69. The van der Waals surface area contributed by atoms with E-state index < -0.39 is 0 Å². The number of hydrogen-bond acceptors (Lipinski definition) is 2. The van der Waals surface area contributed by atoms with Crippen LogP contribution in [-0.4, -0.2) is 30.0 Å². The van der Waals surface area contributed by atoms with E-state index >= 15 is 0 Å². The molecule has 4 heteroatoms. The predicted octanol–water partition coefficient (Wildman–Crippen LogP) is 2.88. The van der Waals surface area contributed by atoms with E-state index in [1.807, 2.05) is 6.20 Å². The minimum absolute atomic E-state index is 0.505. The van der Waals surface area contributed by atoms with Crippen molar-refractivity contribution in [1.82, 2.24) is 9.88 Å². The second-order valence-corrected chi connectivity index (χ2v) is 6.09. The van der Waals surface area contributed by atoms with Crippen molar-refractivity contribution in [3.05, 3.63) is 34.4 Å². The van der Waals surface area contributed by atoms with E-state index in [1.165, 1.54) is 22.9 Å². The Bertz CT molecular complexity index is 563. The molecular weight excluding hydrogens is 290 g/mol. The lowest BCUT2D eigenvalue weighted by Crippen LogP contribution is -2.20. The van der Waals surface area contributed by atoms with Gasteiger partial charge in [0.15, 0.2) is 0 Å². The molecule has 0 radical (unpaired) electrons. The number of aromatic amines is 1. The van der Waals surface area contributed by atoms with Crippen molar-refractivity contribution in [2.75, 3.05) is 20.1 Å². The number of rotatable bonds is 2. The highest BCUT2D eigenvalue weighted by molar-refractivity contribution is 9.10. The molecule has 18 heavy (non-hydrogen) atoms. The zero-order valence-electron chi connectivity index (χ0n) is 10.5. The van der Waals surface area contributed by atoms with Crippen molar-refractivity contribution in [1.29, 1.82) is 0 Å². The van der Waals surface area contributed by atoms with E-state index in [1.54, 1.807) is 0 Å². The predicted molar refractivity (Wildman–Crippen MR) is 78.5 cm³/mol. The molecule has 3 N–H and O–H groups in total. The van der Waals surface area contributed by atoms with Gasteiger partial charge in [-0.15, -0.1) is 0 Å². The summed E-state index contributed by atoms with van der Waals surface area (Å²) in [6.07, 6.45) is 3.16. The maximum atomic E-state index is 5.79. The zero-order chi connectivity index (χ0) is 12.7. The summed E-state index contributed by atoms with van der Waals surface area (Å²) in [5.74, 6) is 0.631. The van der Waals surface area contributed by atoms with Crippen molar-refractivity contribution < 1.29 is 0 Å². The lowest BCUT2D eigenvalue weighted by atomic mass is 9.99. The monoisotopic (exact) mass is 307 g/mol. The standard InChI is InChI=1S/C14H18BrN3/c1-18-8-9(6-16)4-14(18)10-2-3-11-12(15)7-17-13(11)5-10/h2-3,5,7,9,14,17H,4,6,8,16H2,1H3. The van der Waals surface area contributed by atoms with Crippen LogP contribution in [0, 0.1) is 5.92 Å². The highest BCUT2D eigenvalue weighted by Crippen LogP contribution is 2.35. The summed E-state index contributed by atoms with van der Waals surface area (Å²) in [5.41, 5.74) is 8.37. The summed E-state index contributed by atoms with van der Waals surface area (Å²) in [7, 11) is 2.19. The Balaban J connectivity index is 1.94. The van der Waals surface area contributed by atoms with Crippen LogP contribution in [0.5, 0.6) is 0 Å². The van der Waals surface area contributed by atoms with Crippen molar-refractivity contribution in [3.63, 3.8) is 0 Å². The Morgan fingerprint density at radius 2 is 2.33 bits per heavy atom. The third-order valence-corrected chi connectivity index (χ3v) is 4.66. The van der Waals surface area contributed by atoms with E-state index in [0.717, 1.165) is 17.6 Å². The van der Waals surface area contributed by atoms with Gasteiger partial charge in [0.05, 0.1) is 0 Å². The molecule has 1 saturated heterocycles. The fourth-order valence-corrected chi connectivity index (χ4v) is 3.44. The van der Waals surface area contributed by atoms with Crippen LogP contribution in [0.2, 0.25) is 0 Å². The first-order valence-corrected chi connectivity index (χ1v) is 7.15. The molecule has 1 aliphatic heterocycles. The van der Waals surface area contributed by atoms with Crippen LogP contribution in [0.4, 0.5) is 0 Å². The number of nitrogens with one attached hydrogen (secondary N) is 1. The molecule has 3 rings (SSSR count). The van der Waals surface area contributed by atoms with Gasteiger partial charge in [0.1, 0.15) is 0 Å². The second kappa shape index (κ2) is 4.68. The number of nitrogens with two attached hydrogens (primary N) is 1. The summed E-state index contributed by atoms with van der Waals surface area (Å²) in [6, 6.07) is 7.20. The number of H-pyrrole nitrogens is 1. The Hall–Kier alpha value is -0.840. The maximum absolute atomic E-state index is 5.79. The summed E-state index contributed by atoms with van der Waals surface area (Å²) in [4.78, 5) is 5.72. The average molecular weight is 308 g/mol. The van der Waals surface area contributed by atoms with E-state index in [9.17, 15) is 0 Å². The number of fused-ring (bicyclic) bond motifs is 1. The summed E-state index contributed by atoms with van der Waals surface area (Å²) in [5, 5.41) is 1.25. The van der Waals surface area contributed by atoms with Gasteiger partial charge in [-0.05, 0) is 53.5 Å². The number of halogens is 1. The van der Waals surface area contributed by atoms with Crippen LogP contribution in [0.25, 0.3) is 10.9 Å². The normalized spacial score (nSPS) is 25.1. The molecular formula is C14H18BrN3. The number of benzene rings is 1. The molecule has 96 valence electrons.